The predicted molar refractivity (Wildman–Crippen MR) is 176 cm³/mol. The minimum atomic E-state index is -0.640. The monoisotopic (exact) mass is 622 g/mol. The zero-order valence-corrected chi connectivity index (χ0v) is 29.6. The number of fused-ring (bicyclic) bond motifs is 7. The fourth-order valence-electron chi connectivity index (χ4n) is 11.3. The first kappa shape index (κ1) is 34.0. The molecule has 3 saturated carbocycles. The second-order valence-corrected chi connectivity index (χ2v) is 18.5. The van der Waals surface area contributed by atoms with Gasteiger partial charge in [0.2, 0.25) is 5.70 Å². The van der Waals surface area contributed by atoms with Crippen LogP contribution in [0.15, 0.2) is 23.1 Å². The third-order valence-electron chi connectivity index (χ3n) is 13.8. The first-order valence-electron chi connectivity index (χ1n) is 17.3. The van der Waals surface area contributed by atoms with Crippen molar-refractivity contribution in [3.63, 3.8) is 0 Å². The van der Waals surface area contributed by atoms with Crippen molar-refractivity contribution in [2.75, 3.05) is 19.7 Å². The molecule has 0 heterocycles. The van der Waals surface area contributed by atoms with Crippen LogP contribution in [-0.4, -0.2) is 52.3 Å². The molecule has 250 valence electrons. The van der Waals surface area contributed by atoms with Gasteiger partial charge in [0.15, 0.2) is 5.78 Å². The van der Waals surface area contributed by atoms with Crippen molar-refractivity contribution in [3.8, 4) is 0 Å². The lowest BCUT2D eigenvalue weighted by atomic mass is 9.34. The van der Waals surface area contributed by atoms with Crippen molar-refractivity contribution in [2.24, 2.45) is 50.2 Å². The summed E-state index contributed by atoms with van der Waals surface area (Å²) in [5.41, 5.74) is -0.596. The van der Waals surface area contributed by atoms with Crippen LogP contribution < -0.4 is 0 Å². The maximum Gasteiger partial charge on any atom is 0.410 e. The summed E-state index contributed by atoms with van der Waals surface area (Å²) in [6, 6.07) is 0. The van der Waals surface area contributed by atoms with Gasteiger partial charge in [-0.15, -0.1) is 0 Å². The Hall–Kier alpha value is -2.33. The van der Waals surface area contributed by atoms with Crippen LogP contribution in [0.5, 0.6) is 0 Å². The maximum atomic E-state index is 14.8. The van der Waals surface area contributed by atoms with Gasteiger partial charge in [-0.2, -0.15) is 0 Å². The molecule has 2 N–H and O–H groups in total. The van der Waals surface area contributed by atoms with Crippen LogP contribution >= 0.6 is 0 Å². The fourth-order valence-corrected chi connectivity index (χ4v) is 11.3. The number of hydrogen-bond acceptors (Lipinski definition) is 5. The molecule has 0 saturated heterocycles. The molecule has 0 aromatic rings. The molecule has 1 amide bonds. The number of carbonyl (C=O) groups is 2. The summed E-state index contributed by atoms with van der Waals surface area (Å²) in [6.07, 6.45) is 8.65. The highest BCUT2D eigenvalue weighted by atomic mass is 16.6. The predicted octanol–water partition coefficient (Wildman–Crippen LogP) is 8.50. The van der Waals surface area contributed by atoms with E-state index in [1.54, 1.807) is 4.90 Å². The van der Waals surface area contributed by atoms with Gasteiger partial charge in [-0.3, -0.25) is 4.79 Å². The lowest BCUT2D eigenvalue weighted by molar-refractivity contribution is -0.175. The molecule has 5 aliphatic carbocycles. The first-order valence-corrected chi connectivity index (χ1v) is 17.3. The highest BCUT2D eigenvalue weighted by molar-refractivity contribution is 5.95. The van der Waals surface area contributed by atoms with Crippen LogP contribution in [0.1, 0.15) is 121 Å². The quantitative estimate of drug-likeness (QED) is 0.307. The normalized spacial score (nSPS) is 40.2. The zero-order valence-electron chi connectivity index (χ0n) is 29.6. The second-order valence-electron chi connectivity index (χ2n) is 18.5. The Morgan fingerprint density at radius 2 is 1.71 bits per heavy atom. The molecular formula is C38H58N2O5. The van der Waals surface area contributed by atoms with Gasteiger partial charge in [0.25, 0.3) is 0 Å². The highest BCUT2D eigenvalue weighted by Crippen LogP contribution is 2.75. The average Bonchev–Trinajstić information content (AvgIpc) is 2.91. The van der Waals surface area contributed by atoms with Crippen molar-refractivity contribution >= 4 is 11.9 Å². The Bertz CT molecular complexity index is 1360. The highest BCUT2D eigenvalue weighted by Gasteiger charge is 2.70. The maximum absolute atomic E-state index is 14.8. The summed E-state index contributed by atoms with van der Waals surface area (Å²) in [5, 5.41) is 21.1. The molecule has 0 aromatic carbocycles. The van der Waals surface area contributed by atoms with E-state index in [0.717, 1.165) is 44.9 Å². The second kappa shape index (κ2) is 10.6. The van der Waals surface area contributed by atoms with Crippen LogP contribution in [0.3, 0.4) is 0 Å². The topological polar surface area (TPSA) is 91.4 Å². The Balaban J connectivity index is 1.60. The Morgan fingerprint density at radius 1 is 1.07 bits per heavy atom. The van der Waals surface area contributed by atoms with Crippen LogP contribution in [0, 0.1) is 56.8 Å². The number of allylic oxidation sites excluding steroid dienone is 4. The molecule has 0 aliphatic heterocycles. The molecule has 0 bridgehead atoms. The van der Waals surface area contributed by atoms with Crippen LogP contribution in [0.2, 0.25) is 0 Å². The molecule has 7 heteroatoms. The Labute approximate surface area is 271 Å². The zero-order chi connectivity index (χ0) is 33.6. The van der Waals surface area contributed by atoms with E-state index in [4.69, 9.17) is 11.3 Å². The molecule has 5 rings (SSSR count). The van der Waals surface area contributed by atoms with Gasteiger partial charge in [-0.1, -0.05) is 54.0 Å². The van der Waals surface area contributed by atoms with E-state index >= 15 is 0 Å². The van der Waals surface area contributed by atoms with E-state index in [1.807, 2.05) is 26.8 Å². The van der Waals surface area contributed by atoms with Gasteiger partial charge in [0, 0.05) is 24.4 Å². The molecule has 7 atom stereocenters. The lowest BCUT2D eigenvalue weighted by Gasteiger charge is -2.70. The molecule has 0 radical (unpaired) electrons. The molecule has 7 nitrogen and oxygen atoms in total. The molecule has 3 fully saturated rings. The van der Waals surface area contributed by atoms with Crippen LogP contribution in [0.4, 0.5) is 4.79 Å². The van der Waals surface area contributed by atoms with E-state index in [9.17, 15) is 19.8 Å². The molecule has 0 unspecified atom stereocenters. The molecule has 0 aromatic heterocycles. The minimum absolute atomic E-state index is 0.0786. The number of hydrogen-bond donors (Lipinski definition) is 2. The number of aliphatic hydroxyl groups is 2. The molecular weight excluding hydrogens is 564 g/mol. The molecule has 5 aliphatic rings. The summed E-state index contributed by atoms with van der Waals surface area (Å²) in [4.78, 5) is 33.8. The lowest BCUT2D eigenvalue weighted by Crippen LogP contribution is -2.66. The summed E-state index contributed by atoms with van der Waals surface area (Å²) in [5.74, 6) is 0.488. The van der Waals surface area contributed by atoms with Gasteiger partial charge in [-0.25, -0.2) is 9.64 Å². The van der Waals surface area contributed by atoms with Gasteiger partial charge in [0.1, 0.15) is 11.4 Å². The molecule has 45 heavy (non-hydrogen) atoms. The van der Waals surface area contributed by atoms with Crippen molar-refractivity contribution in [1.82, 2.24) is 4.90 Å². The van der Waals surface area contributed by atoms with E-state index in [-0.39, 0.29) is 69.5 Å². The van der Waals surface area contributed by atoms with Crippen LogP contribution in [0.25, 0.3) is 4.85 Å². The summed E-state index contributed by atoms with van der Waals surface area (Å²) >= 11 is 0. The SMILES string of the molecule is [C-]#[N+]C1=C(O)C(C)(C)[C@@H]2CC[C@]3(C)C(=CC(=O)[C@@H]4[C@@H]5CC(C)(C)CC[C@]5(CN(CCO)C(=O)OC(C)(C)C)CC[C@]43C)[C@@]2(C)C1. The smallest absolute Gasteiger partial charge is 0.410 e. The Morgan fingerprint density at radius 3 is 2.31 bits per heavy atom. The van der Waals surface area contributed by atoms with Crippen molar-refractivity contribution in [3.05, 3.63) is 34.5 Å². The van der Waals surface area contributed by atoms with E-state index in [0.29, 0.717) is 18.7 Å². The van der Waals surface area contributed by atoms with Gasteiger partial charge in [0.05, 0.1) is 13.2 Å². The van der Waals surface area contributed by atoms with Crippen molar-refractivity contribution in [2.45, 2.75) is 126 Å². The van der Waals surface area contributed by atoms with E-state index in [1.165, 1.54) is 5.57 Å². The summed E-state index contributed by atoms with van der Waals surface area (Å²) in [7, 11) is 0. The number of carbonyl (C=O) groups excluding carboxylic acids is 2. The number of amides is 1. The first-order chi connectivity index (χ1) is 20.6. The summed E-state index contributed by atoms with van der Waals surface area (Å²) < 4.78 is 5.81. The third-order valence-corrected chi connectivity index (χ3v) is 13.8. The number of ketones is 1. The number of rotatable bonds is 4. The largest absolute Gasteiger partial charge is 0.523 e. The number of ether oxygens (including phenoxy) is 1. The molecule has 0 spiro atoms. The van der Waals surface area contributed by atoms with Gasteiger partial charge < -0.3 is 19.8 Å². The van der Waals surface area contributed by atoms with E-state index in [2.05, 4.69) is 53.3 Å². The number of nitrogens with zero attached hydrogens (tertiary/aromatic N) is 2. The van der Waals surface area contributed by atoms with E-state index < -0.39 is 17.1 Å². The Kier molecular flexibility index (Phi) is 8.01. The van der Waals surface area contributed by atoms with Crippen molar-refractivity contribution in [1.29, 1.82) is 0 Å². The number of aliphatic hydroxyl groups excluding tert-OH is 2. The average molecular weight is 623 g/mol. The minimum Gasteiger partial charge on any atom is -0.523 e. The van der Waals surface area contributed by atoms with Crippen LogP contribution in [-0.2, 0) is 9.53 Å². The van der Waals surface area contributed by atoms with Crippen molar-refractivity contribution < 1.29 is 24.5 Å². The fraction of sp³-hybridized carbons (Fsp3) is 0.816. The summed E-state index contributed by atoms with van der Waals surface area (Å²) in [6.45, 7) is 29.8. The third kappa shape index (κ3) is 5.08. The van der Waals surface area contributed by atoms with Gasteiger partial charge in [-0.05, 0) is 117 Å². The van der Waals surface area contributed by atoms with Gasteiger partial charge >= 0.3 is 6.09 Å². The standard InChI is InChI=1S/C38H58N2O5/c1-32(2,3)45-31(44)40(18-19-41)23-38-16-14-33(4,5)21-24(38)29-26(42)20-28-35(8)22-25(39-11)30(43)34(6,7)27(35)12-13-36(28,9)37(29,10)15-17-38/h20,24,27,29,41,43H,12-19,21-23H2,1-10H3/t24-,27-,29-,35-,36+,37+,38+/m0/s1.